The smallest absolute Gasteiger partial charge is 0.329 e. The summed E-state index contributed by atoms with van der Waals surface area (Å²) in [5, 5.41) is 5.77. The van der Waals surface area contributed by atoms with E-state index in [1.54, 1.807) is 30.5 Å². The van der Waals surface area contributed by atoms with Gasteiger partial charge in [-0.25, -0.2) is 19.7 Å². The number of nitrogens with one attached hydrogen (secondary N) is 2. The Bertz CT molecular complexity index is 941. The average molecular weight is 378 g/mol. The molecule has 8 heteroatoms. The van der Waals surface area contributed by atoms with Gasteiger partial charge in [0.2, 0.25) is 0 Å². The van der Waals surface area contributed by atoms with E-state index < -0.39 is 5.54 Å². The predicted octanol–water partition coefficient (Wildman–Crippen LogP) is 2.23. The quantitative estimate of drug-likeness (QED) is 0.420. The van der Waals surface area contributed by atoms with E-state index in [9.17, 15) is 9.59 Å². The van der Waals surface area contributed by atoms with Gasteiger partial charge in [-0.15, -0.1) is 0 Å². The van der Waals surface area contributed by atoms with Crippen molar-refractivity contribution in [2.75, 3.05) is 10.2 Å². The Hall–Kier alpha value is -3.42. The van der Waals surface area contributed by atoms with Crippen LogP contribution in [-0.2, 0) is 11.3 Å². The number of urea groups is 1. The van der Waals surface area contributed by atoms with Crippen LogP contribution in [-0.4, -0.2) is 28.4 Å². The fraction of sp³-hybridized carbons (Fsp3) is 0.300. The van der Waals surface area contributed by atoms with Crippen molar-refractivity contribution in [2.45, 2.75) is 31.8 Å². The highest BCUT2D eigenvalue weighted by Gasteiger charge is 2.56. The third-order valence-electron chi connectivity index (χ3n) is 5.13. The Labute approximate surface area is 162 Å². The molecule has 8 nitrogen and oxygen atoms in total. The molecule has 28 heavy (non-hydrogen) atoms. The molecule has 0 spiro atoms. The lowest BCUT2D eigenvalue weighted by Crippen LogP contribution is -2.46. The summed E-state index contributed by atoms with van der Waals surface area (Å²) in [5.41, 5.74) is 6.48. The Morgan fingerprint density at radius 1 is 1.32 bits per heavy atom. The lowest BCUT2D eigenvalue weighted by atomic mass is 9.96. The number of guanidine groups is 1. The van der Waals surface area contributed by atoms with Crippen molar-refractivity contribution in [2.24, 2.45) is 16.6 Å². The number of amides is 3. The molecule has 1 aromatic heterocycles. The van der Waals surface area contributed by atoms with E-state index in [1.165, 1.54) is 4.90 Å². The van der Waals surface area contributed by atoms with E-state index in [0.29, 0.717) is 18.1 Å². The minimum atomic E-state index is -0.803. The monoisotopic (exact) mass is 378 g/mol. The number of nitrogens with zero attached hydrogens (tertiary/aromatic N) is 3. The van der Waals surface area contributed by atoms with Crippen LogP contribution in [0.15, 0.2) is 53.7 Å². The minimum Gasteiger partial charge on any atom is -0.370 e. The van der Waals surface area contributed by atoms with E-state index in [4.69, 9.17) is 5.73 Å². The first-order valence-electron chi connectivity index (χ1n) is 9.21. The zero-order chi connectivity index (χ0) is 19.7. The van der Waals surface area contributed by atoms with Crippen LogP contribution in [0.5, 0.6) is 0 Å². The van der Waals surface area contributed by atoms with Gasteiger partial charge < -0.3 is 16.4 Å². The molecule has 1 aromatic carbocycles. The van der Waals surface area contributed by atoms with E-state index in [-0.39, 0.29) is 23.8 Å². The highest BCUT2D eigenvalue weighted by Crippen LogP contribution is 2.43. The molecule has 1 unspecified atom stereocenters. The summed E-state index contributed by atoms with van der Waals surface area (Å²) in [5.74, 6) is 0.868. The Morgan fingerprint density at radius 3 is 2.86 bits per heavy atom. The maximum atomic E-state index is 12.9. The summed E-state index contributed by atoms with van der Waals surface area (Å²) >= 11 is 0. The van der Waals surface area contributed by atoms with Crippen LogP contribution < -0.4 is 21.3 Å². The molecule has 1 aliphatic heterocycles. The normalized spacial score (nSPS) is 22.3. The van der Waals surface area contributed by atoms with Crippen LogP contribution >= 0.6 is 0 Å². The van der Waals surface area contributed by atoms with Gasteiger partial charge in [-0.1, -0.05) is 18.2 Å². The summed E-state index contributed by atoms with van der Waals surface area (Å²) in [7, 11) is 0. The molecule has 144 valence electrons. The first-order chi connectivity index (χ1) is 13.5. The molecule has 0 radical (unpaired) electrons. The fourth-order valence-corrected chi connectivity index (χ4v) is 3.41. The highest BCUT2D eigenvalue weighted by atomic mass is 16.2. The molecule has 4 rings (SSSR count). The zero-order valence-electron chi connectivity index (χ0n) is 15.6. The zero-order valence-corrected chi connectivity index (χ0v) is 15.6. The maximum absolute atomic E-state index is 12.9. The molecular weight excluding hydrogens is 356 g/mol. The molecule has 1 saturated heterocycles. The van der Waals surface area contributed by atoms with Gasteiger partial charge in [-0.2, -0.15) is 0 Å². The third kappa shape index (κ3) is 3.40. The number of anilines is 2. The molecule has 2 aliphatic rings. The Balaban J connectivity index is 1.48. The predicted molar refractivity (Wildman–Crippen MR) is 107 cm³/mol. The van der Waals surface area contributed by atoms with Gasteiger partial charge >= 0.3 is 6.03 Å². The van der Waals surface area contributed by atoms with Gasteiger partial charge in [-0.3, -0.25) is 4.79 Å². The summed E-state index contributed by atoms with van der Waals surface area (Å²) in [6.45, 7) is 2.12. The second-order valence-electron chi connectivity index (χ2n) is 7.26. The minimum absolute atomic E-state index is 0.197. The standard InChI is InChI=1S/C20H22N6O2/c1-20(14-8-9-14)17(27)26(19(28)25-20)15-6-4-5-13(11-15)12-23-18(21)24-16-7-2-3-10-22-16/h2-7,10-11,14H,8-9,12H2,1H3,(H,25,28)(H3,21,22,23,24). The highest BCUT2D eigenvalue weighted by molar-refractivity contribution is 6.23. The molecule has 2 aromatic rings. The van der Waals surface area contributed by atoms with Crippen molar-refractivity contribution in [3.8, 4) is 0 Å². The van der Waals surface area contributed by atoms with E-state index in [1.807, 2.05) is 25.1 Å². The van der Waals surface area contributed by atoms with Gasteiger partial charge in [0.25, 0.3) is 5.91 Å². The van der Waals surface area contributed by atoms with Gasteiger partial charge in [-0.05, 0) is 55.5 Å². The Kier molecular flexibility index (Phi) is 4.46. The van der Waals surface area contributed by atoms with Crippen molar-refractivity contribution in [1.29, 1.82) is 0 Å². The average Bonchev–Trinajstić information content (AvgIpc) is 3.50. The molecule has 4 N–H and O–H groups in total. The molecule has 3 amide bonds. The van der Waals surface area contributed by atoms with Gasteiger partial charge in [0.05, 0.1) is 12.2 Å². The van der Waals surface area contributed by atoms with Gasteiger partial charge in [0.15, 0.2) is 5.96 Å². The number of carbonyl (C=O) groups excluding carboxylic acids is 2. The van der Waals surface area contributed by atoms with Gasteiger partial charge in [0.1, 0.15) is 11.4 Å². The molecule has 2 heterocycles. The first-order valence-corrected chi connectivity index (χ1v) is 9.21. The molecule has 0 bridgehead atoms. The van der Waals surface area contributed by atoms with Gasteiger partial charge in [0, 0.05) is 6.20 Å². The molecule has 2 fully saturated rings. The number of hydrogen-bond acceptors (Lipinski definition) is 4. The number of carbonyl (C=O) groups is 2. The number of rotatable bonds is 5. The topological polar surface area (TPSA) is 113 Å². The fourth-order valence-electron chi connectivity index (χ4n) is 3.41. The number of hydrogen-bond donors (Lipinski definition) is 3. The molecular formula is C20H22N6O2. The van der Waals surface area contributed by atoms with Crippen LogP contribution in [0.3, 0.4) is 0 Å². The molecule has 1 saturated carbocycles. The van der Waals surface area contributed by atoms with E-state index in [0.717, 1.165) is 18.4 Å². The number of aromatic nitrogens is 1. The summed E-state index contributed by atoms with van der Waals surface area (Å²) in [4.78, 5) is 35.0. The van der Waals surface area contributed by atoms with Crippen molar-refractivity contribution in [3.05, 3.63) is 54.2 Å². The second kappa shape index (κ2) is 6.95. The summed E-state index contributed by atoms with van der Waals surface area (Å²) in [6.07, 6.45) is 3.59. The van der Waals surface area contributed by atoms with Crippen molar-refractivity contribution < 1.29 is 9.59 Å². The number of imide groups is 1. The lowest BCUT2D eigenvalue weighted by molar-refractivity contribution is -0.122. The summed E-state index contributed by atoms with van der Waals surface area (Å²) < 4.78 is 0. The number of benzene rings is 1. The van der Waals surface area contributed by atoms with Crippen molar-refractivity contribution in [1.82, 2.24) is 10.3 Å². The van der Waals surface area contributed by atoms with Crippen molar-refractivity contribution >= 4 is 29.4 Å². The SMILES string of the molecule is CC1(C2CC2)NC(=O)N(c2cccc(CN=C(N)Nc3ccccn3)c2)C1=O. The lowest BCUT2D eigenvalue weighted by Gasteiger charge is -2.21. The number of pyridine rings is 1. The second-order valence-corrected chi connectivity index (χ2v) is 7.26. The van der Waals surface area contributed by atoms with Crippen LogP contribution in [0.2, 0.25) is 0 Å². The van der Waals surface area contributed by atoms with Crippen molar-refractivity contribution in [3.63, 3.8) is 0 Å². The Morgan fingerprint density at radius 2 is 2.14 bits per heavy atom. The van der Waals surface area contributed by atoms with Crippen LogP contribution in [0.25, 0.3) is 0 Å². The largest absolute Gasteiger partial charge is 0.370 e. The van der Waals surface area contributed by atoms with Crippen LogP contribution in [0.1, 0.15) is 25.3 Å². The number of aliphatic imine (C=N–C) groups is 1. The van der Waals surface area contributed by atoms with E-state index >= 15 is 0 Å². The van der Waals surface area contributed by atoms with Crippen LogP contribution in [0.4, 0.5) is 16.3 Å². The number of nitrogens with two attached hydrogens (primary N) is 1. The van der Waals surface area contributed by atoms with E-state index in [2.05, 4.69) is 20.6 Å². The summed E-state index contributed by atoms with van der Waals surface area (Å²) in [6, 6.07) is 12.3. The molecule has 1 atom stereocenters. The van der Waals surface area contributed by atoms with Crippen LogP contribution in [0, 0.1) is 5.92 Å². The maximum Gasteiger partial charge on any atom is 0.329 e. The third-order valence-corrected chi connectivity index (χ3v) is 5.13. The molecule has 1 aliphatic carbocycles. The first kappa shape index (κ1) is 18.0.